The highest BCUT2D eigenvalue weighted by molar-refractivity contribution is 7.91. The maximum Gasteiger partial charge on any atom is 0.338 e. The van der Waals surface area contributed by atoms with Crippen LogP contribution >= 0.6 is 11.6 Å². The molecule has 0 fully saturated rings. The van der Waals surface area contributed by atoms with E-state index in [1.54, 1.807) is 6.92 Å². The van der Waals surface area contributed by atoms with Crippen LogP contribution in [0.5, 0.6) is 0 Å². The van der Waals surface area contributed by atoms with Crippen LogP contribution in [0.25, 0.3) is 0 Å². The first-order valence-corrected chi connectivity index (χ1v) is 9.97. The number of sulfone groups is 1. The number of benzene rings is 2. The van der Waals surface area contributed by atoms with Crippen LogP contribution in [0.4, 0.5) is 5.69 Å². The Morgan fingerprint density at radius 2 is 1.93 bits per heavy atom. The Kier molecular flexibility index (Phi) is 6.12. The van der Waals surface area contributed by atoms with E-state index in [2.05, 4.69) is 5.32 Å². The number of hydrogen-bond acceptors (Lipinski definition) is 5. The second-order valence-corrected chi connectivity index (χ2v) is 8.58. The zero-order chi connectivity index (χ0) is 20.4. The first-order chi connectivity index (χ1) is 12.5. The van der Waals surface area contributed by atoms with Gasteiger partial charge >= 0.3 is 5.97 Å². The molecule has 0 aliphatic heterocycles. The summed E-state index contributed by atoms with van der Waals surface area (Å²) in [6.07, 6.45) is 0. The topological polar surface area (TPSA) is 127 Å². The number of nitrogens with two attached hydrogens (primary N) is 1. The van der Waals surface area contributed by atoms with Crippen LogP contribution in [0.1, 0.15) is 33.2 Å². The number of rotatable bonds is 6. The van der Waals surface area contributed by atoms with E-state index in [9.17, 15) is 23.1 Å². The van der Waals surface area contributed by atoms with Crippen molar-refractivity contribution in [3.8, 4) is 0 Å². The summed E-state index contributed by atoms with van der Waals surface area (Å²) in [4.78, 5) is 23.8. The first kappa shape index (κ1) is 20.7. The summed E-state index contributed by atoms with van der Waals surface area (Å²) in [7, 11) is -3.67. The summed E-state index contributed by atoms with van der Waals surface area (Å²) in [5, 5.41) is 11.7. The zero-order valence-electron chi connectivity index (χ0n) is 14.7. The molecule has 0 saturated heterocycles. The molecule has 2 aromatic carbocycles. The minimum Gasteiger partial charge on any atom is -0.478 e. The molecule has 2 rings (SSSR count). The molecule has 7 nitrogen and oxygen atoms in total. The van der Waals surface area contributed by atoms with Gasteiger partial charge in [-0.2, -0.15) is 0 Å². The number of nitrogens with one attached hydrogen (secondary N) is 1. The second-order valence-electron chi connectivity index (χ2n) is 6.14. The maximum atomic E-state index is 12.5. The lowest BCUT2D eigenvalue weighted by Gasteiger charge is -2.16. The third kappa shape index (κ3) is 4.78. The van der Waals surface area contributed by atoms with Gasteiger partial charge in [-0.15, -0.1) is 0 Å². The number of nitrogen functional groups attached to an aromatic ring is 1. The van der Waals surface area contributed by atoms with Gasteiger partial charge in [-0.05, 0) is 49.7 Å². The van der Waals surface area contributed by atoms with Gasteiger partial charge in [-0.3, -0.25) is 4.79 Å². The van der Waals surface area contributed by atoms with Crippen molar-refractivity contribution >= 4 is 39.0 Å². The molecule has 27 heavy (non-hydrogen) atoms. The van der Waals surface area contributed by atoms with Crippen LogP contribution in [0, 0.1) is 6.92 Å². The molecule has 0 aromatic heterocycles. The van der Waals surface area contributed by atoms with Crippen molar-refractivity contribution in [2.24, 2.45) is 0 Å². The second kappa shape index (κ2) is 7.98. The van der Waals surface area contributed by atoms with Crippen molar-refractivity contribution in [3.63, 3.8) is 0 Å². The third-order valence-corrected chi connectivity index (χ3v) is 6.15. The highest BCUT2D eigenvalue weighted by atomic mass is 35.5. The van der Waals surface area contributed by atoms with Gasteiger partial charge in [0, 0.05) is 11.7 Å². The van der Waals surface area contributed by atoms with Gasteiger partial charge in [0.2, 0.25) is 0 Å². The van der Waals surface area contributed by atoms with Gasteiger partial charge in [0.05, 0.1) is 26.8 Å². The van der Waals surface area contributed by atoms with Gasteiger partial charge in [-0.1, -0.05) is 17.7 Å². The zero-order valence-corrected chi connectivity index (χ0v) is 16.3. The van der Waals surface area contributed by atoms with Crippen molar-refractivity contribution in [2.45, 2.75) is 24.8 Å². The van der Waals surface area contributed by atoms with Crippen LogP contribution in [0.3, 0.4) is 0 Å². The van der Waals surface area contributed by atoms with Crippen molar-refractivity contribution in [3.05, 3.63) is 58.1 Å². The smallest absolute Gasteiger partial charge is 0.338 e. The molecule has 0 bridgehead atoms. The number of halogens is 1. The minimum absolute atomic E-state index is 0.0761. The highest BCUT2D eigenvalue weighted by Gasteiger charge is 2.24. The number of carboxylic acid groups (broad SMARTS) is 1. The molecule has 0 heterocycles. The van der Waals surface area contributed by atoms with E-state index in [4.69, 9.17) is 17.3 Å². The summed E-state index contributed by atoms with van der Waals surface area (Å²) in [5.74, 6) is -2.42. The number of aromatic carboxylic acids is 1. The quantitative estimate of drug-likeness (QED) is 0.628. The number of hydrogen-bond donors (Lipinski definition) is 3. The predicted octanol–water partition coefficient (Wildman–Crippen LogP) is 2.52. The molecular weight excluding hydrogens is 392 g/mol. The molecule has 9 heteroatoms. The molecule has 4 N–H and O–H groups in total. The summed E-state index contributed by atoms with van der Waals surface area (Å²) in [6.45, 7) is 3.22. The Morgan fingerprint density at radius 3 is 2.52 bits per heavy atom. The van der Waals surface area contributed by atoms with Crippen molar-refractivity contribution in [2.75, 3.05) is 11.5 Å². The standard InChI is InChI=1S/C18H19ClN2O5S/c1-10-8-12(6-7-15(10)20)27(25,26)9-11(2)21-17(22)13-4-3-5-14(19)16(13)18(23)24/h3-8,11H,9,20H2,1-2H3,(H,21,22)(H,23,24). The van der Waals surface area contributed by atoms with E-state index >= 15 is 0 Å². The number of carbonyl (C=O) groups is 2. The van der Waals surface area contributed by atoms with Crippen molar-refractivity contribution < 1.29 is 23.1 Å². The molecule has 1 amide bonds. The number of aryl methyl sites for hydroxylation is 1. The summed E-state index contributed by atoms with van der Waals surface area (Å²) in [5.41, 5.74) is 6.36. The van der Waals surface area contributed by atoms with Gasteiger partial charge in [0.15, 0.2) is 9.84 Å². The fourth-order valence-electron chi connectivity index (χ4n) is 2.54. The van der Waals surface area contributed by atoms with E-state index in [0.29, 0.717) is 11.3 Å². The molecule has 1 atom stereocenters. The van der Waals surface area contributed by atoms with Gasteiger partial charge in [-0.25, -0.2) is 13.2 Å². The lowest BCUT2D eigenvalue weighted by Crippen LogP contribution is -2.38. The first-order valence-electron chi connectivity index (χ1n) is 7.94. The molecule has 0 saturated carbocycles. The Morgan fingerprint density at radius 1 is 1.26 bits per heavy atom. The molecule has 0 spiro atoms. The van der Waals surface area contributed by atoms with Crippen LogP contribution in [-0.2, 0) is 9.84 Å². The highest BCUT2D eigenvalue weighted by Crippen LogP contribution is 2.21. The van der Waals surface area contributed by atoms with E-state index in [-0.39, 0.29) is 26.8 Å². The lowest BCUT2D eigenvalue weighted by molar-refractivity contribution is 0.0690. The van der Waals surface area contributed by atoms with Crippen LogP contribution in [0.15, 0.2) is 41.3 Å². The summed E-state index contributed by atoms with van der Waals surface area (Å²) in [6, 6.07) is 7.75. The predicted molar refractivity (Wildman–Crippen MR) is 103 cm³/mol. The molecule has 1 unspecified atom stereocenters. The normalized spacial score (nSPS) is 12.4. The van der Waals surface area contributed by atoms with E-state index < -0.39 is 27.8 Å². The van der Waals surface area contributed by atoms with E-state index in [1.165, 1.54) is 43.3 Å². The Hall–Kier alpha value is -2.58. The Balaban J connectivity index is 2.19. The molecule has 0 aliphatic rings. The number of carboxylic acids is 1. The minimum atomic E-state index is -3.67. The van der Waals surface area contributed by atoms with Crippen molar-refractivity contribution in [1.82, 2.24) is 5.32 Å². The van der Waals surface area contributed by atoms with Crippen LogP contribution < -0.4 is 11.1 Å². The molecule has 2 aromatic rings. The van der Waals surface area contributed by atoms with Gasteiger partial charge in [0.25, 0.3) is 5.91 Å². The Bertz CT molecular complexity index is 1000. The fourth-order valence-corrected chi connectivity index (χ4v) is 4.36. The fraction of sp³-hybridized carbons (Fsp3) is 0.222. The monoisotopic (exact) mass is 410 g/mol. The van der Waals surface area contributed by atoms with Gasteiger partial charge in [0.1, 0.15) is 0 Å². The number of anilines is 1. The third-order valence-electron chi connectivity index (χ3n) is 3.92. The number of carbonyl (C=O) groups excluding carboxylic acids is 1. The van der Waals surface area contributed by atoms with E-state index in [0.717, 1.165) is 0 Å². The summed E-state index contributed by atoms with van der Waals surface area (Å²) < 4.78 is 25.1. The molecule has 144 valence electrons. The van der Waals surface area contributed by atoms with E-state index in [1.807, 2.05) is 0 Å². The van der Waals surface area contributed by atoms with Crippen LogP contribution in [0.2, 0.25) is 5.02 Å². The summed E-state index contributed by atoms with van der Waals surface area (Å²) >= 11 is 5.85. The largest absolute Gasteiger partial charge is 0.478 e. The number of amides is 1. The lowest BCUT2D eigenvalue weighted by atomic mass is 10.1. The SMILES string of the molecule is Cc1cc(S(=O)(=O)CC(C)NC(=O)c2cccc(Cl)c2C(=O)O)ccc1N. The van der Waals surface area contributed by atoms with Crippen molar-refractivity contribution in [1.29, 1.82) is 0 Å². The average molecular weight is 411 g/mol. The molecule has 0 aliphatic carbocycles. The molecule has 0 radical (unpaired) electrons. The van der Waals surface area contributed by atoms with Gasteiger partial charge < -0.3 is 16.2 Å². The maximum absolute atomic E-state index is 12.5. The average Bonchev–Trinajstić information content (AvgIpc) is 2.55. The van der Waals surface area contributed by atoms with Crippen LogP contribution in [-0.4, -0.2) is 37.2 Å². The Labute approximate surface area is 162 Å². The molecular formula is C18H19ClN2O5S.